The number of imidazole rings is 1. The molecule has 0 aliphatic carbocycles. The third-order valence-electron chi connectivity index (χ3n) is 3.63. The van der Waals surface area contributed by atoms with Crippen LogP contribution in [0.2, 0.25) is 0 Å². The average molecular weight is 290 g/mol. The van der Waals surface area contributed by atoms with Gasteiger partial charge < -0.3 is 4.42 Å². The van der Waals surface area contributed by atoms with Crippen LogP contribution in [0.15, 0.2) is 53.1 Å². The van der Waals surface area contributed by atoms with Crippen molar-refractivity contribution in [3.8, 4) is 23.0 Å². The molecule has 22 heavy (non-hydrogen) atoms. The first-order chi connectivity index (χ1) is 10.7. The molecule has 1 aromatic carbocycles. The average Bonchev–Trinajstić information content (AvgIpc) is 3.11. The number of fused-ring (bicyclic) bond motifs is 1. The monoisotopic (exact) mass is 290 g/mol. The summed E-state index contributed by atoms with van der Waals surface area (Å²) >= 11 is 0. The van der Waals surface area contributed by atoms with Crippen LogP contribution >= 0.6 is 0 Å². The minimum atomic E-state index is 0.478. The molecular formula is C17H14N4O. The molecule has 4 rings (SSSR count). The molecule has 0 unspecified atom stereocenters. The van der Waals surface area contributed by atoms with Crippen LogP contribution in [-0.2, 0) is 0 Å². The molecule has 3 aromatic heterocycles. The Morgan fingerprint density at radius 3 is 2.50 bits per heavy atom. The largest absolute Gasteiger partial charge is 0.415 e. The Balaban J connectivity index is 1.83. The Labute approximate surface area is 127 Å². The van der Waals surface area contributed by atoms with Crippen LogP contribution in [0.1, 0.15) is 11.3 Å². The second-order valence-electron chi connectivity index (χ2n) is 5.25. The zero-order chi connectivity index (χ0) is 15.1. The van der Waals surface area contributed by atoms with Crippen LogP contribution in [0, 0.1) is 13.8 Å². The minimum Gasteiger partial charge on any atom is -0.415 e. The van der Waals surface area contributed by atoms with Crippen LogP contribution in [0.3, 0.4) is 0 Å². The van der Waals surface area contributed by atoms with E-state index < -0.39 is 0 Å². The van der Waals surface area contributed by atoms with Gasteiger partial charge in [0.2, 0.25) is 5.89 Å². The fraction of sp³-hybridized carbons (Fsp3) is 0.118. The molecule has 0 bridgehead atoms. The van der Waals surface area contributed by atoms with Gasteiger partial charge >= 0.3 is 0 Å². The van der Waals surface area contributed by atoms with E-state index in [9.17, 15) is 0 Å². The Kier molecular flexibility index (Phi) is 2.79. The molecule has 0 spiro atoms. The van der Waals surface area contributed by atoms with Crippen molar-refractivity contribution in [2.45, 2.75) is 13.8 Å². The fourth-order valence-corrected chi connectivity index (χ4v) is 2.50. The van der Waals surface area contributed by atoms with E-state index in [4.69, 9.17) is 4.42 Å². The number of rotatable bonds is 2. The molecule has 5 heteroatoms. The van der Waals surface area contributed by atoms with Crippen molar-refractivity contribution in [2.75, 3.05) is 0 Å². The highest BCUT2D eigenvalue weighted by Gasteiger charge is 2.17. The van der Waals surface area contributed by atoms with E-state index >= 15 is 0 Å². The van der Waals surface area contributed by atoms with E-state index in [1.165, 1.54) is 5.56 Å². The molecule has 3 heterocycles. The minimum absolute atomic E-state index is 0.478. The summed E-state index contributed by atoms with van der Waals surface area (Å²) in [5, 5.41) is 8.35. The van der Waals surface area contributed by atoms with Gasteiger partial charge in [0.15, 0.2) is 0 Å². The van der Waals surface area contributed by atoms with E-state index in [0.717, 1.165) is 22.6 Å². The van der Waals surface area contributed by atoms with Gasteiger partial charge in [0.25, 0.3) is 5.89 Å². The van der Waals surface area contributed by atoms with Crippen molar-refractivity contribution in [3.63, 3.8) is 0 Å². The number of hydrogen-bond acceptors (Lipinski definition) is 4. The maximum atomic E-state index is 5.86. The smallest absolute Gasteiger partial charge is 0.266 e. The topological polar surface area (TPSA) is 56.2 Å². The van der Waals surface area contributed by atoms with E-state index in [1.54, 1.807) is 0 Å². The van der Waals surface area contributed by atoms with Gasteiger partial charge in [-0.05, 0) is 38.1 Å². The molecule has 0 fully saturated rings. The maximum Gasteiger partial charge on any atom is 0.266 e. The predicted octanol–water partition coefficient (Wildman–Crippen LogP) is 3.67. The quantitative estimate of drug-likeness (QED) is 0.565. The molecule has 0 atom stereocenters. The van der Waals surface area contributed by atoms with Crippen molar-refractivity contribution >= 4 is 5.65 Å². The Hall–Kier alpha value is -2.95. The second-order valence-corrected chi connectivity index (χ2v) is 5.25. The van der Waals surface area contributed by atoms with Crippen LogP contribution in [0.4, 0.5) is 0 Å². The highest BCUT2D eigenvalue weighted by molar-refractivity contribution is 5.61. The number of hydrogen-bond donors (Lipinski definition) is 0. The second kappa shape index (κ2) is 4.80. The van der Waals surface area contributed by atoms with Gasteiger partial charge in [-0.15, -0.1) is 10.2 Å². The maximum absolute atomic E-state index is 5.86. The molecule has 0 N–H and O–H groups in total. The van der Waals surface area contributed by atoms with Gasteiger partial charge in [0, 0.05) is 11.8 Å². The van der Waals surface area contributed by atoms with Gasteiger partial charge in [-0.2, -0.15) is 0 Å². The first kappa shape index (κ1) is 12.8. The van der Waals surface area contributed by atoms with Gasteiger partial charge in [-0.1, -0.05) is 23.8 Å². The number of pyridine rings is 1. The van der Waals surface area contributed by atoms with E-state index in [-0.39, 0.29) is 0 Å². The molecule has 0 radical (unpaired) electrons. The Bertz CT molecular complexity index is 950. The lowest BCUT2D eigenvalue weighted by atomic mass is 10.1. The number of aromatic nitrogens is 4. The van der Waals surface area contributed by atoms with Crippen molar-refractivity contribution in [3.05, 3.63) is 59.9 Å². The lowest BCUT2D eigenvalue weighted by molar-refractivity contribution is 0.581. The zero-order valence-corrected chi connectivity index (χ0v) is 12.3. The van der Waals surface area contributed by atoms with Crippen LogP contribution < -0.4 is 0 Å². The third kappa shape index (κ3) is 1.98. The highest BCUT2D eigenvalue weighted by Crippen LogP contribution is 2.27. The van der Waals surface area contributed by atoms with Gasteiger partial charge in [-0.25, -0.2) is 4.98 Å². The predicted molar refractivity (Wildman–Crippen MR) is 83.4 cm³/mol. The zero-order valence-electron chi connectivity index (χ0n) is 12.3. The summed E-state index contributed by atoms with van der Waals surface area (Å²) in [6.07, 6.45) is 1.94. The molecule has 4 aromatic rings. The Morgan fingerprint density at radius 1 is 0.909 bits per heavy atom. The summed E-state index contributed by atoms with van der Waals surface area (Å²) in [6, 6.07) is 13.9. The number of nitrogens with zero attached hydrogens (tertiary/aromatic N) is 4. The summed E-state index contributed by atoms with van der Waals surface area (Å²) in [6.45, 7) is 3.99. The van der Waals surface area contributed by atoms with Crippen LogP contribution in [0.25, 0.3) is 28.7 Å². The van der Waals surface area contributed by atoms with Gasteiger partial charge in [0.1, 0.15) is 11.3 Å². The van der Waals surface area contributed by atoms with E-state index in [2.05, 4.69) is 15.2 Å². The van der Waals surface area contributed by atoms with Crippen molar-refractivity contribution < 1.29 is 4.42 Å². The summed E-state index contributed by atoms with van der Waals surface area (Å²) in [5.41, 5.74) is 4.67. The van der Waals surface area contributed by atoms with Gasteiger partial charge in [-0.3, -0.25) is 4.40 Å². The summed E-state index contributed by atoms with van der Waals surface area (Å²) in [4.78, 5) is 4.52. The molecule has 0 amide bonds. The molecule has 0 aliphatic heterocycles. The molecule has 0 saturated carbocycles. The first-order valence-corrected chi connectivity index (χ1v) is 7.07. The number of aryl methyl sites for hydroxylation is 2. The summed E-state index contributed by atoms with van der Waals surface area (Å²) in [7, 11) is 0. The summed E-state index contributed by atoms with van der Waals surface area (Å²) < 4.78 is 7.82. The molecule has 5 nitrogen and oxygen atoms in total. The Morgan fingerprint density at radius 2 is 1.68 bits per heavy atom. The number of benzene rings is 1. The standard InChI is InChI=1S/C17H14N4O/c1-11-6-8-13(9-7-11)16-19-20-17(22-16)15-12(2)18-14-5-3-4-10-21(14)15/h3-10H,1-2H3. The molecule has 108 valence electrons. The fourth-order valence-electron chi connectivity index (χ4n) is 2.50. The highest BCUT2D eigenvalue weighted by atomic mass is 16.4. The van der Waals surface area contributed by atoms with Gasteiger partial charge in [0.05, 0.1) is 5.69 Å². The molecule has 0 saturated heterocycles. The lowest BCUT2D eigenvalue weighted by Crippen LogP contribution is -1.88. The van der Waals surface area contributed by atoms with Crippen molar-refractivity contribution in [1.29, 1.82) is 0 Å². The van der Waals surface area contributed by atoms with Crippen molar-refractivity contribution in [2.24, 2.45) is 0 Å². The lowest BCUT2D eigenvalue weighted by Gasteiger charge is -1.97. The van der Waals surface area contributed by atoms with Crippen LogP contribution in [-0.4, -0.2) is 19.6 Å². The van der Waals surface area contributed by atoms with Crippen molar-refractivity contribution in [1.82, 2.24) is 19.6 Å². The van der Waals surface area contributed by atoms with Crippen LogP contribution in [0.5, 0.6) is 0 Å². The first-order valence-electron chi connectivity index (χ1n) is 7.07. The van der Waals surface area contributed by atoms with E-state index in [1.807, 2.05) is 66.9 Å². The van der Waals surface area contributed by atoms with E-state index in [0.29, 0.717) is 11.8 Å². The summed E-state index contributed by atoms with van der Waals surface area (Å²) in [5.74, 6) is 0.993. The molecule has 0 aliphatic rings. The third-order valence-corrected chi connectivity index (χ3v) is 3.63. The SMILES string of the molecule is Cc1ccc(-c2nnc(-c3c(C)nc4ccccn34)o2)cc1. The molecular weight excluding hydrogens is 276 g/mol. The normalized spacial score (nSPS) is 11.2.